The first-order valence-corrected chi connectivity index (χ1v) is 6.15. The molecule has 0 saturated heterocycles. The van der Waals surface area contributed by atoms with Gasteiger partial charge in [0.2, 0.25) is 0 Å². The molecule has 0 spiro atoms. The Morgan fingerprint density at radius 2 is 2.00 bits per heavy atom. The molecule has 94 valence electrons. The molecule has 1 aliphatic rings. The Labute approximate surface area is 102 Å². The van der Waals surface area contributed by atoms with E-state index in [2.05, 4.69) is 19.2 Å². The van der Waals surface area contributed by atoms with E-state index in [1.54, 1.807) is 0 Å². The van der Waals surface area contributed by atoms with Crippen molar-refractivity contribution >= 4 is 0 Å². The summed E-state index contributed by atoms with van der Waals surface area (Å²) in [5, 5.41) is 22.6. The van der Waals surface area contributed by atoms with Crippen LogP contribution in [0.1, 0.15) is 31.9 Å². The largest absolute Gasteiger partial charge is 0.394 e. The fourth-order valence-electron chi connectivity index (χ4n) is 2.37. The zero-order valence-electron chi connectivity index (χ0n) is 10.4. The second kappa shape index (κ2) is 4.77. The Morgan fingerprint density at radius 3 is 2.47 bits per heavy atom. The summed E-state index contributed by atoms with van der Waals surface area (Å²) in [7, 11) is 0. The topological polar surface area (TPSA) is 52.5 Å². The average molecular weight is 235 g/mol. The molecule has 1 aliphatic carbocycles. The predicted octanol–water partition coefficient (Wildman–Crippen LogP) is 1.47. The van der Waals surface area contributed by atoms with Crippen LogP contribution in [-0.4, -0.2) is 29.0 Å². The number of rotatable bonds is 4. The van der Waals surface area contributed by atoms with Crippen LogP contribution in [0.4, 0.5) is 0 Å². The number of nitrogens with one attached hydrogen (secondary N) is 1. The Bertz CT molecular complexity index is 364. The third-order valence-corrected chi connectivity index (χ3v) is 4.00. The van der Waals surface area contributed by atoms with E-state index in [1.807, 2.05) is 30.3 Å². The fraction of sp³-hybridized carbons (Fsp3) is 0.571. The van der Waals surface area contributed by atoms with E-state index in [0.29, 0.717) is 0 Å². The second-order valence-corrected chi connectivity index (χ2v) is 5.44. The first-order valence-electron chi connectivity index (χ1n) is 6.15. The highest BCUT2D eigenvalue weighted by atomic mass is 16.3. The molecule has 0 aliphatic heterocycles. The van der Waals surface area contributed by atoms with E-state index >= 15 is 0 Å². The van der Waals surface area contributed by atoms with Crippen molar-refractivity contribution in [3.05, 3.63) is 35.9 Å². The molecular formula is C14H21NO2. The van der Waals surface area contributed by atoms with Gasteiger partial charge in [0.25, 0.3) is 0 Å². The quantitative estimate of drug-likeness (QED) is 0.740. The van der Waals surface area contributed by atoms with E-state index < -0.39 is 0 Å². The van der Waals surface area contributed by atoms with Gasteiger partial charge in [-0.25, -0.2) is 0 Å². The van der Waals surface area contributed by atoms with Crippen molar-refractivity contribution in [1.29, 1.82) is 0 Å². The van der Waals surface area contributed by atoms with Crippen LogP contribution in [0.3, 0.4) is 0 Å². The van der Waals surface area contributed by atoms with Crippen LogP contribution in [0.15, 0.2) is 30.3 Å². The summed E-state index contributed by atoms with van der Waals surface area (Å²) in [5.74, 6) is 0. The standard InChI is InChI=1S/C14H21NO2/c1-14(2)12(8-13(14)17)15-11(9-16)10-6-4-3-5-7-10/h3-7,11-13,15-17H,8-9H2,1-2H3. The highest BCUT2D eigenvalue weighted by Crippen LogP contribution is 2.41. The van der Waals surface area contributed by atoms with Crippen LogP contribution >= 0.6 is 0 Å². The van der Waals surface area contributed by atoms with Gasteiger partial charge in [-0.15, -0.1) is 0 Å². The summed E-state index contributed by atoms with van der Waals surface area (Å²) in [5.41, 5.74) is 0.981. The van der Waals surface area contributed by atoms with Gasteiger partial charge in [-0.1, -0.05) is 44.2 Å². The van der Waals surface area contributed by atoms with E-state index in [0.717, 1.165) is 12.0 Å². The maximum Gasteiger partial charge on any atom is 0.0626 e. The number of hydrogen-bond donors (Lipinski definition) is 3. The Hall–Kier alpha value is -0.900. The lowest BCUT2D eigenvalue weighted by Crippen LogP contribution is -2.60. The van der Waals surface area contributed by atoms with Gasteiger partial charge in [0, 0.05) is 11.5 Å². The maximum absolute atomic E-state index is 9.70. The summed E-state index contributed by atoms with van der Waals surface area (Å²) in [4.78, 5) is 0. The van der Waals surface area contributed by atoms with Crippen molar-refractivity contribution in [3.63, 3.8) is 0 Å². The number of aliphatic hydroxyl groups excluding tert-OH is 2. The Kier molecular flexibility index (Phi) is 3.52. The maximum atomic E-state index is 9.70. The summed E-state index contributed by atoms with van der Waals surface area (Å²) < 4.78 is 0. The zero-order valence-corrected chi connectivity index (χ0v) is 10.4. The third-order valence-electron chi connectivity index (χ3n) is 4.00. The highest BCUT2D eigenvalue weighted by Gasteiger charge is 2.47. The van der Waals surface area contributed by atoms with Gasteiger partial charge in [-0.05, 0) is 12.0 Å². The molecule has 0 bridgehead atoms. The molecule has 0 heterocycles. The molecule has 1 fully saturated rings. The van der Waals surface area contributed by atoms with Crippen LogP contribution in [0.25, 0.3) is 0 Å². The molecule has 0 radical (unpaired) electrons. The molecule has 3 N–H and O–H groups in total. The molecule has 1 saturated carbocycles. The molecule has 3 nitrogen and oxygen atoms in total. The average Bonchev–Trinajstić information content (AvgIpc) is 2.35. The summed E-state index contributed by atoms with van der Waals surface area (Å²) in [6.45, 7) is 4.18. The molecule has 3 heteroatoms. The van der Waals surface area contributed by atoms with Gasteiger partial charge in [0.15, 0.2) is 0 Å². The number of benzene rings is 1. The van der Waals surface area contributed by atoms with Gasteiger partial charge < -0.3 is 15.5 Å². The van der Waals surface area contributed by atoms with Crippen molar-refractivity contribution in [2.75, 3.05) is 6.61 Å². The first-order chi connectivity index (χ1) is 8.05. The lowest BCUT2D eigenvalue weighted by atomic mass is 9.64. The molecule has 3 unspecified atom stereocenters. The summed E-state index contributed by atoms with van der Waals surface area (Å²) >= 11 is 0. The minimum absolute atomic E-state index is 0.0482. The lowest BCUT2D eigenvalue weighted by Gasteiger charge is -2.50. The molecule has 1 aromatic carbocycles. The SMILES string of the molecule is CC1(C)C(O)CC1NC(CO)c1ccccc1. The first kappa shape index (κ1) is 12.6. The monoisotopic (exact) mass is 235 g/mol. The van der Waals surface area contributed by atoms with Crippen LogP contribution < -0.4 is 5.32 Å². The van der Waals surface area contributed by atoms with E-state index in [-0.39, 0.29) is 30.2 Å². The molecule has 0 aromatic heterocycles. The zero-order chi connectivity index (χ0) is 12.5. The Balaban J connectivity index is 2.02. The van der Waals surface area contributed by atoms with Gasteiger partial charge in [-0.2, -0.15) is 0 Å². The second-order valence-electron chi connectivity index (χ2n) is 5.44. The van der Waals surface area contributed by atoms with Crippen molar-refractivity contribution < 1.29 is 10.2 Å². The van der Waals surface area contributed by atoms with E-state index in [9.17, 15) is 10.2 Å². The fourth-order valence-corrected chi connectivity index (χ4v) is 2.37. The molecule has 1 aromatic rings. The normalized spacial score (nSPS) is 28.5. The minimum atomic E-state index is -0.241. The minimum Gasteiger partial charge on any atom is -0.394 e. The molecular weight excluding hydrogens is 214 g/mol. The lowest BCUT2D eigenvalue weighted by molar-refractivity contribution is -0.0777. The number of hydrogen-bond acceptors (Lipinski definition) is 3. The third kappa shape index (κ3) is 2.37. The predicted molar refractivity (Wildman–Crippen MR) is 67.6 cm³/mol. The van der Waals surface area contributed by atoms with Crippen molar-refractivity contribution in [2.45, 2.75) is 38.5 Å². The Morgan fingerprint density at radius 1 is 1.35 bits per heavy atom. The van der Waals surface area contributed by atoms with Gasteiger partial charge in [0.1, 0.15) is 0 Å². The molecule has 2 rings (SSSR count). The van der Waals surface area contributed by atoms with Crippen LogP contribution in [0.5, 0.6) is 0 Å². The van der Waals surface area contributed by atoms with Gasteiger partial charge >= 0.3 is 0 Å². The van der Waals surface area contributed by atoms with Gasteiger partial charge in [0.05, 0.1) is 18.8 Å². The number of aliphatic hydroxyl groups is 2. The summed E-state index contributed by atoms with van der Waals surface area (Å²) in [6, 6.07) is 10.1. The highest BCUT2D eigenvalue weighted by molar-refractivity contribution is 5.20. The van der Waals surface area contributed by atoms with Crippen LogP contribution in [0, 0.1) is 5.41 Å². The van der Waals surface area contributed by atoms with E-state index in [4.69, 9.17) is 0 Å². The van der Waals surface area contributed by atoms with Crippen molar-refractivity contribution in [2.24, 2.45) is 5.41 Å². The molecule has 3 atom stereocenters. The van der Waals surface area contributed by atoms with Gasteiger partial charge in [-0.3, -0.25) is 0 Å². The van der Waals surface area contributed by atoms with Crippen LogP contribution in [0.2, 0.25) is 0 Å². The molecule has 0 amide bonds. The smallest absolute Gasteiger partial charge is 0.0626 e. The molecule has 17 heavy (non-hydrogen) atoms. The van der Waals surface area contributed by atoms with E-state index in [1.165, 1.54) is 0 Å². The van der Waals surface area contributed by atoms with Crippen molar-refractivity contribution in [3.8, 4) is 0 Å². The summed E-state index contributed by atoms with van der Waals surface area (Å²) in [6.07, 6.45) is 0.520. The van der Waals surface area contributed by atoms with Crippen molar-refractivity contribution in [1.82, 2.24) is 5.32 Å². The van der Waals surface area contributed by atoms with Crippen LogP contribution in [-0.2, 0) is 0 Å².